The van der Waals surface area contributed by atoms with E-state index in [4.69, 9.17) is 0 Å². The molecule has 126 valence electrons. The first-order chi connectivity index (χ1) is 11.0. The lowest BCUT2D eigenvalue weighted by Crippen LogP contribution is -2.30. The molecule has 1 saturated heterocycles. The van der Waals surface area contributed by atoms with E-state index in [0.717, 1.165) is 42.5 Å². The lowest BCUT2D eigenvalue weighted by Gasteiger charge is -2.14. The normalized spacial score (nSPS) is 20.0. The van der Waals surface area contributed by atoms with Gasteiger partial charge in [0.1, 0.15) is 0 Å². The van der Waals surface area contributed by atoms with Gasteiger partial charge in [0.05, 0.1) is 6.04 Å². The number of benzene rings is 1. The number of urea groups is 1. The van der Waals surface area contributed by atoms with E-state index in [1.54, 1.807) is 0 Å². The van der Waals surface area contributed by atoms with Gasteiger partial charge >= 0.3 is 6.03 Å². The highest BCUT2D eigenvalue weighted by molar-refractivity contribution is 5.92. The Hall–Kier alpha value is -2.04. The number of rotatable bonds is 7. The van der Waals surface area contributed by atoms with Crippen LogP contribution in [0, 0.1) is 13.8 Å². The van der Waals surface area contributed by atoms with E-state index in [0.29, 0.717) is 6.42 Å². The zero-order valence-electron chi connectivity index (χ0n) is 14.2. The molecule has 0 radical (unpaired) electrons. The Labute approximate surface area is 138 Å². The van der Waals surface area contributed by atoms with Crippen LogP contribution in [0.4, 0.5) is 10.5 Å². The summed E-state index contributed by atoms with van der Waals surface area (Å²) in [6.45, 7) is 6.03. The third kappa shape index (κ3) is 4.98. The molecule has 5 heteroatoms. The zero-order valence-corrected chi connectivity index (χ0v) is 14.2. The first kappa shape index (κ1) is 17.3. The van der Waals surface area contributed by atoms with Crippen molar-refractivity contribution in [2.45, 2.75) is 65.0 Å². The van der Waals surface area contributed by atoms with Gasteiger partial charge in [-0.3, -0.25) is 4.79 Å². The maximum Gasteiger partial charge on any atom is 0.315 e. The van der Waals surface area contributed by atoms with Crippen LogP contribution in [0.2, 0.25) is 0 Å². The second-order valence-electron chi connectivity index (χ2n) is 6.43. The molecule has 0 spiro atoms. The molecule has 0 aliphatic carbocycles. The van der Waals surface area contributed by atoms with Gasteiger partial charge in [0.15, 0.2) is 0 Å². The maximum atomic E-state index is 12.1. The van der Waals surface area contributed by atoms with Crippen LogP contribution in [0.3, 0.4) is 0 Å². The van der Waals surface area contributed by atoms with Crippen molar-refractivity contribution in [3.63, 3.8) is 0 Å². The number of carbonyl (C=O) groups excluding carboxylic acids is 2. The number of para-hydroxylation sites is 1. The van der Waals surface area contributed by atoms with Gasteiger partial charge in [-0.25, -0.2) is 4.79 Å². The predicted molar refractivity (Wildman–Crippen MR) is 92.5 cm³/mol. The Morgan fingerprint density at radius 3 is 2.43 bits per heavy atom. The van der Waals surface area contributed by atoms with Crippen LogP contribution >= 0.6 is 0 Å². The molecule has 0 aromatic heterocycles. The van der Waals surface area contributed by atoms with Crippen LogP contribution in [0.25, 0.3) is 0 Å². The largest absolute Gasteiger partial charge is 0.334 e. The van der Waals surface area contributed by atoms with E-state index in [9.17, 15) is 9.59 Å². The minimum Gasteiger partial charge on any atom is -0.334 e. The monoisotopic (exact) mass is 317 g/mol. The summed E-state index contributed by atoms with van der Waals surface area (Å²) in [6, 6.07) is 6.34. The van der Waals surface area contributed by atoms with E-state index in [2.05, 4.69) is 16.0 Å². The maximum absolute atomic E-state index is 12.1. The number of nitrogens with one attached hydrogen (secondary N) is 3. The van der Waals surface area contributed by atoms with Crippen molar-refractivity contribution in [1.29, 1.82) is 0 Å². The van der Waals surface area contributed by atoms with Gasteiger partial charge in [-0.15, -0.1) is 0 Å². The molecule has 0 unspecified atom stereocenters. The van der Waals surface area contributed by atoms with Crippen molar-refractivity contribution < 1.29 is 9.59 Å². The average molecular weight is 317 g/mol. The van der Waals surface area contributed by atoms with Gasteiger partial charge in [-0.1, -0.05) is 31.0 Å². The summed E-state index contributed by atoms with van der Waals surface area (Å²) in [6.07, 6.45) is 4.39. The summed E-state index contributed by atoms with van der Waals surface area (Å²) in [5, 5.41) is 8.79. The van der Waals surface area contributed by atoms with Gasteiger partial charge in [0.25, 0.3) is 0 Å². The fourth-order valence-electron chi connectivity index (χ4n) is 3.00. The third-order valence-corrected chi connectivity index (χ3v) is 4.44. The van der Waals surface area contributed by atoms with Crippen molar-refractivity contribution in [3.05, 3.63) is 29.3 Å². The molecule has 23 heavy (non-hydrogen) atoms. The summed E-state index contributed by atoms with van der Waals surface area (Å²) in [4.78, 5) is 23.2. The lowest BCUT2D eigenvalue weighted by molar-refractivity contribution is -0.116. The minimum atomic E-state index is -0.0736. The summed E-state index contributed by atoms with van der Waals surface area (Å²) in [7, 11) is 0. The van der Waals surface area contributed by atoms with Gasteiger partial charge in [0, 0.05) is 18.2 Å². The second kappa shape index (κ2) is 7.99. The average Bonchev–Trinajstić information content (AvgIpc) is 2.81. The molecule has 1 heterocycles. The number of carbonyl (C=O) groups is 2. The van der Waals surface area contributed by atoms with Crippen molar-refractivity contribution in [3.8, 4) is 0 Å². The van der Waals surface area contributed by atoms with E-state index < -0.39 is 0 Å². The molecular formula is C18H27N3O2. The highest BCUT2D eigenvalue weighted by atomic mass is 16.2. The third-order valence-electron chi connectivity index (χ3n) is 4.44. The zero-order chi connectivity index (χ0) is 16.8. The van der Waals surface area contributed by atoms with E-state index >= 15 is 0 Å². The number of hydrogen-bond acceptors (Lipinski definition) is 2. The number of unbranched alkanes of at least 4 members (excludes halogenated alkanes) is 2. The summed E-state index contributed by atoms with van der Waals surface area (Å²) in [5.74, 6) is 0.0756. The molecule has 3 amide bonds. The number of amides is 3. The van der Waals surface area contributed by atoms with Crippen molar-refractivity contribution >= 4 is 17.6 Å². The van der Waals surface area contributed by atoms with Crippen molar-refractivity contribution in [1.82, 2.24) is 10.6 Å². The molecule has 1 aliphatic heterocycles. The van der Waals surface area contributed by atoms with Crippen LogP contribution in [0.1, 0.15) is 50.2 Å². The number of hydrogen-bond donors (Lipinski definition) is 3. The summed E-state index contributed by atoms with van der Waals surface area (Å²) >= 11 is 0. The van der Waals surface area contributed by atoms with Gasteiger partial charge in [-0.05, 0) is 44.7 Å². The van der Waals surface area contributed by atoms with Gasteiger partial charge < -0.3 is 16.0 Å². The molecule has 2 atom stereocenters. The van der Waals surface area contributed by atoms with Crippen LogP contribution in [0.5, 0.6) is 0 Å². The molecule has 0 saturated carbocycles. The second-order valence-corrected chi connectivity index (χ2v) is 6.43. The van der Waals surface area contributed by atoms with E-state index in [-0.39, 0.29) is 24.0 Å². The molecule has 1 fully saturated rings. The first-order valence-electron chi connectivity index (χ1n) is 8.40. The fourth-order valence-corrected chi connectivity index (χ4v) is 3.00. The van der Waals surface area contributed by atoms with Crippen LogP contribution < -0.4 is 16.0 Å². The Morgan fingerprint density at radius 1 is 1.13 bits per heavy atom. The van der Waals surface area contributed by atoms with Crippen LogP contribution in [-0.4, -0.2) is 24.0 Å². The topological polar surface area (TPSA) is 70.2 Å². The highest BCUT2D eigenvalue weighted by Gasteiger charge is 2.26. The van der Waals surface area contributed by atoms with Gasteiger partial charge in [0.2, 0.25) is 5.91 Å². The Bertz CT molecular complexity index is 551. The lowest BCUT2D eigenvalue weighted by atomic mass is 10.0. The Morgan fingerprint density at radius 2 is 1.83 bits per heavy atom. The van der Waals surface area contributed by atoms with E-state index in [1.807, 2.05) is 39.0 Å². The number of anilines is 1. The smallest absolute Gasteiger partial charge is 0.315 e. The minimum absolute atomic E-state index is 0.0736. The van der Waals surface area contributed by atoms with E-state index in [1.165, 1.54) is 0 Å². The summed E-state index contributed by atoms with van der Waals surface area (Å²) in [5.41, 5.74) is 3.12. The number of aryl methyl sites for hydroxylation is 2. The van der Waals surface area contributed by atoms with Crippen molar-refractivity contribution in [2.24, 2.45) is 0 Å². The Kier molecular flexibility index (Phi) is 6.02. The molecule has 1 aromatic carbocycles. The molecule has 0 bridgehead atoms. The molecule has 3 N–H and O–H groups in total. The molecule has 1 aliphatic rings. The fraction of sp³-hybridized carbons (Fsp3) is 0.556. The first-order valence-corrected chi connectivity index (χ1v) is 8.40. The molecule has 1 aromatic rings. The standard InChI is InChI=1S/C18H27N3O2/c1-12-8-7-9-13(2)17(12)21-16(22)11-6-4-5-10-15-14(3)19-18(23)20-15/h7-9,14-15H,4-6,10-11H2,1-3H3,(H,21,22)(H2,19,20,23)/t14-,15-/m0/s1. The van der Waals surface area contributed by atoms with Crippen molar-refractivity contribution in [2.75, 3.05) is 5.32 Å². The SMILES string of the molecule is Cc1cccc(C)c1NC(=O)CCCCC[C@@H]1NC(=O)N[C@H]1C. The quantitative estimate of drug-likeness (QED) is 0.676. The predicted octanol–water partition coefficient (Wildman–Crippen LogP) is 3.26. The van der Waals surface area contributed by atoms with Crippen LogP contribution in [0.15, 0.2) is 18.2 Å². The van der Waals surface area contributed by atoms with Gasteiger partial charge in [-0.2, -0.15) is 0 Å². The van der Waals surface area contributed by atoms with Crippen LogP contribution in [-0.2, 0) is 4.79 Å². The highest BCUT2D eigenvalue weighted by Crippen LogP contribution is 2.20. The molecular weight excluding hydrogens is 290 g/mol. The molecule has 2 rings (SSSR count). The Balaban J connectivity index is 1.64. The summed E-state index contributed by atoms with van der Waals surface area (Å²) < 4.78 is 0. The molecule has 5 nitrogen and oxygen atoms in total.